The third-order valence-electron chi connectivity index (χ3n) is 3.67. The second-order valence-electron chi connectivity index (χ2n) is 5.83. The Balaban J connectivity index is 1.73. The number of pyridine rings is 2. The van der Waals surface area contributed by atoms with E-state index in [0.717, 1.165) is 16.6 Å². The summed E-state index contributed by atoms with van der Waals surface area (Å²) < 4.78 is 38.3. The van der Waals surface area contributed by atoms with Crippen molar-refractivity contribution >= 4 is 23.7 Å². The molecule has 8 nitrogen and oxygen atoms in total. The van der Waals surface area contributed by atoms with Crippen molar-refractivity contribution in [1.29, 1.82) is 0 Å². The summed E-state index contributed by atoms with van der Waals surface area (Å²) >= 11 is 0. The highest BCUT2D eigenvalue weighted by molar-refractivity contribution is 5.68. The standard InChI is InChI=1S/C17H17F3N8/c18-17(19,20)9-28-8-12(7-26-28)14-3-2-13(22)16(27-14)24-6-11-1-4-15(23-5-11)25-10-21/h1-5,7-8,10H,6,9,22H2,(H,24,27)(H2,21,23,25). The molecule has 28 heavy (non-hydrogen) atoms. The van der Waals surface area contributed by atoms with Gasteiger partial charge in [-0.05, 0) is 23.8 Å². The molecular weight excluding hydrogens is 373 g/mol. The van der Waals surface area contributed by atoms with Crippen LogP contribution >= 0.6 is 0 Å². The summed E-state index contributed by atoms with van der Waals surface area (Å²) in [5.74, 6) is 0.895. The van der Waals surface area contributed by atoms with E-state index in [4.69, 9.17) is 11.5 Å². The molecule has 3 rings (SSSR count). The Morgan fingerprint density at radius 1 is 1.18 bits per heavy atom. The van der Waals surface area contributed by atoms with Gasteiger partial charge in [-0.1, -0.05) is 6.07 Å². The number of nitrogens with two attached hydrogens (primary N) is 2. The Morgan fingerprint density at radius 3 is 2.68 bits per heavy atom. The predicted molar refractivity (Wildman–Crippen MR) is 99.8 cm³/mol. The molecule has 0 aromatic carbocycles. The number of nitrogens with zero attached hydrogens (tertiary/aromatic N) is 5. The summed E-state index contributed by atoms with van der Waals surface area (Å²) in [6.45, 7) is -0.766. The molecule has 11 heteroatoms. The van der Waals surface area contributed by atoms with E-state index in [9.17, 15) is 13.2 Å². The van der Waals surface area contributed by atoms with Crippen molar-refractivity contribution in [2.45, 2.75) is 19.3 Å². The van der Waals surface area contributed by atoms with Gasteiger partial charge in [0.15, 0.2) is 5.82 Å². The van der Waals surface area contributed by atoms with Crippen LogP contribution in [0, 0.1) is 0 Å². The normalized spacial score (nSPS) is 11.8. The van der Waals surface area contributed by atoms with Crippen LogP contribution in [0.5, 0.6) is 0 Å². The van der Waals surface area contributed by atoms with Crippen molar-refractivity contribution in [1.82, 2.24) is 19.7 Å². The fraction of sp³-hybridized carbons (Fsp3) is 0.176. The van der Waals surface area contributed by atoms with E-state index in [-0.39, 0.29) is 0 Å². The number of anilines is 2. The molecule has 0 atom stereocenters. The zero-order valence-corrected chi connectivity index (χ0v) is 14.6. The Labute approximate surface area is 158 Å². The molecule has 0 saturated heterocycles. The van der Waals surface area contributed by atoms with Crippen molar-refractivity contribution in [3.05, 3.63) is 48.4 Å². The molecule has 0 spiro atoms. The van der Waals surface area contributed by atoms with E-state index in [1.54, 1.807) is 24.4 Å². The van der Waals surface area contributed by atoms with Gasteiger partial charge in [0.05, 0.1) is 23.9 Å². The van der Waals surface area contributed by atoms with Crippen LogP contribution in [-0.2, 0) is 13.1 Å². The molecule has 0 aliphatic rings. The fourth-order valence-electron chi connectivity index (χ4n) is 2.40. The van der Waals surface area contributed by atoms with Crippen LogP contribution in [0.2, 0.25) is 0 Å². The Hall–Kier alpha value is -3.63. The number of nitrogen functional groups attached to an aromatic ring is 1. The Morgan fingerprint density at radius 2 is 2.00 bits per heavy atom. The lowest BCUT2D eigenvalue weighted by Crippen LogP contribution is -2.17. The van der Waals surface area contributed by atoms with Crippen LogP contribution in [0.4, 0.5) is 30.5 Å². The Bertz CT molecular complexity index is 963. The van der Waals surface area contributed by atoms with Gasteiger partial charge >= 0.3 is 6.18 Å². The lowest BCUT2D eigenvalue weighted by molar-refractivity contribution is -0.142. The maximum atomic E-state index is 12.5. The first kappa shape index (κ1) is 19.1. The molecule has 3 aromatic heterocycles. The second kappa shape index (κ2) is 7.94. The van der Waals surface area contributed by atoms with Gasteiger partial charge in [0.25, 0.3) is 0 Å². The fourth-order valence-corrected chi connectivity index (χ4v) is 2.40. The van der Waals surface area contributed by atoms with Gasteiger partial charge < -0.3 is 16.8 Å². The lowest BCUT2D eigenvalue weighted by atomic mass is 10.2. The first-order valence-electron chi connectivity index (χ1n) is 8.13. The summed E-state index contributed by atoms with van der Waals surface area (Å²) in [7, 11) is 0. The number of hydrogen-bond acceptors (Lipinski definition) is 6. The second-order valence-corrected chi connectivity index (χ2v) is 5.83. The van der Waals surface area contributed by atoms with Crippen molar-refractivity contribution in [2.24, 2.45) is 10.7 Å². The van der Waals surface area contributed by atoms with Gasteiger partial charge in [0, 0.05) is 24.5 Å². The third kappa shape index (κ3) is 4.96. The number of alkyl halides is 3. The molecule has 0 bridgehead atoms. The minimum Gasteiger partial charge on any atom is -0.396 e. The monoisotopic (exact) mass is 390 g/mol. The van der Waals surface area contributed by atoms with Gasteiger partial charge in [-0.25, -0.2) is 15.0 Å². The average Bonchev–Trinajstić information content (AvgIpc) is 3.09. The third-order valence-corrected chi connectivity index (χ3v) is 3.67. The van der Waals surface area contributed by atoms with E-state index in [1.165, 1.54) is 12.4 Å². The van der Waals surface area contributed by atoms with Crippen LogP contribution in [0.15, 0.2) is 47.8 Å². The molecule has 0 amide bonds. The molecule has 0 saturated carbocycles. The van der Waals surface area contributed by atoms with E-state index >= 15 is 0 Å². The van der Waals surface area contributed by atoms with Crippen molar-refractivity contribution in [3.8, 4) is 11.3 Å². The quantitative estimate of drug-likeness (QED) is 0.440. The molecule has 3 aromatic rings. The molecule has 3 heterocycles. The van der Waals surface area contributed by atoms with Crippen LogP contribution < -0.4 is 16.8 Å². The van der Waals surface area contributed by atoms with E-state index < -0.39 is 12.7 Å². The van der Waals surface area contributed by atoms with Crippen LogP contribution in [0.1, 0.15) is 5.56 Å². The maximum absolute atomic E-state index is 12.5. The molecule has 146 valence electrons. The molecule has 0 radical (unpaired) electrons. The number of nitrogens with one attached hydrogen (secondary N) is 1. The lowest BCUT2D eigenvalue weighted by Gasteiger charge is -2.10. The summed E-state index contributed by atoms with van der Waals surface area (Å²) in [6, 6.07) is 6.78. The molecule has 5 N–H and O–H groups in total. The van der Waals surface area contributed by atoms with Gasteiger partial charge in [-0.15, -0.1) is 0 Å². The van der Waals surface area contributed by atoms with Gasteiger partial charge in [-0.3, -0.25) is 4.68 Å². The van der Waals surface area contributed by atoms with E-state index in [1.807, 2.05) is 6.07 Å². The van der Waals surface area contributed by atoms with Gasteiger partial charge in [-0.2, -0.15) is 18.3 Å². The summed E-state index contributed by atoms with van der Waals surface area (Å²) in [6.07, 6.45) is 1.07. The van der Waals surface area contributed by atoms with Crippen LogP contribution in [-0.4, -0.2) is 32.3 Å². The number of aliphatic imine (C=N–C) groups is 1. The summed E-state index contributed by atoms with van der Waals surface area (Å²) in [4.78, 5) is 12.4. The first-order valence-corrected chi connectivity index (χ1v) is 8.13. The predicted octanol–water partition coefficient (Wildman–Crippen LogP) is 2.72. The van der Waals surface area contributed by atoms with Gasteiger partial charge in [0.2, 0.25) is 0 Å². The number of hydrogen-bond donors (Lipinski definition) is 3. The molecule has 0 fully saturated rings. The van der Waals surface area contributed by atoms with Crippen molar-refractivity contribution in [2.75, 3.05) is 11.1 Å². The van der Waals surface area contributed by atoms with Crippen molar-refractivity contribution in [3.63, 3.8) is 0 Å². The van der Waals surface area contributed by atoms with E-state index in [2.05, 4.69) is 25.4 Å². The van der Waals surface area contributed by atoms with Crippen LogP contribution in [0.3, 0.4) is 0 Å². The highest BCUT2D eigenvalue weighted by Gasteiger charge is 2.28. The average molecular weight is 390 g/mol. The SMILES string of the molecule is NC=Nc1ccc(CNc2nc(-c3cnn(CC(F)(F)F)c3)ccc2N)cn1. The number of rotatable bonds is 6. The highest BCUT2D eigenvalue weighted by Crippen LogP contribution is 2.25. The smallest absolute Gasteiger partial charge is 0.396 e. The Kier molecular flexibility index (Phi) is 5.43. The molecular formula is C17H17F3N8. The largest absolute Gasteiger partial charge is 0.408 e. The van der Waals surface area contributed by atoms with Crippen molar-refractivity contribution < 1.29 is 13.2 Å². The zero-order valence-electron chi connectivity index (χ0n) is 14.6. The van der Waals surface area contributed by atoms with Gasteiger partial charge in [0.1, 0.15) is 12.4 Å². The minimum absolute atomic E-state index is 0.396. The van der Waals surface area contributed by atoms with Crippen LogP contribution in [0.25, 0.3) is 11.3 Å². The molecule has 0 aliphatic heterocycles. The number of halogens is 3. The molecule has 0 aliphatic carbocycles. The highest BCUT2D eigenvalue weighted by atomic mass is 19.4. The maximum Gasteiger partial charge on any atom is 0.408 e. The number of aromatic nitrogens is 4. The topological polar surface area (TPSA) is 120 Å². The molecule has 0 unspecified atom stereocenters. The minimum atomic E-state index is -4.34. The summed E-state index contributed by atoms with van der Waals surface area (Å²) in [5.41, 5.74) is 13.3. The first-order chi connectivity index (χ1) is 13.3. The van der Waals surface area contributed by atoms with E-state index in [0.29, 0.717) is 35.1 Å². The summed E-state index contributed by atoms with van der Waals surface area (Å²) in [5, 5.41) is 6.81. The zero-order chi connectivity index (χ0) is 20.1.